The Labute approximate surface area is 155 Å². The maximum absolute atomic E-state index is 11.9. The van der Waals surface area contributed by atoms with Gasteiger partial charge in [0.2, 0.25) is 0 Å². The van der Waals surface area contributed by atoms with Crippen LogP contribution in [0.15, 0.2) is 35.5 Å². The molecule has 4 aliphatic rings. The normalized spacial score (nSPS) is 49.2. The molecule has 26 heavy (non-hydrogen) atoms. The summed E-state index contributed by atoms with van der Waals surface area (Å²) in [5.41, 5.74) is 0.375. The van der Waals surface area contributed by atoms with E-state index in [1.165, 1.54) is 0 Å². The molecule has 3 heteroatoms. The monoisotopic (exact) mass is 352 g/mol. The van der Waals surface area contributed by atoms with Crippen LogP contribution < -0.4 is 0 Å². The standard InChI is InChI=1S/C23H28O3/c1-5-8-23(26)10-7-17-16-11-14(2)18-12-15(24)6-9-21(18,3)20(16)19(25)13-22(17,23)4/h6,9,11-12,16-17,19-20,25-26H,7,10,13H2,1-4H3. The average molecular weight is 352 g/mol. The molecule has 2 fully saturated rings. The third kappa shape index (κ3) is 2.06. The molecule has 0 bridgehead atoms. The molecular weight excluding hydrogens is 324 g/mol. The zero-order chi connectivity index (χ0) is 18.9. The number of aliphatic hydroxyl groups is 2. The fraction of sp³-hybridized carbons (Fsp3) is 0.609. The van der Waals surface area contributed by atoms with Gasteiger partial charge in [0.25, 0.3) is 0 Å². The number of hydrogen-bond donors (Lipinski definition) is 2. The lowest BCUT2D eigenvalue weighted by atomic mass is 9.47. The van der Waals surface area contributed by atoms with E-state index in [4.69, 9.17) is 0 Å². The Hall–Kier alpha value is -1.63. The van der Waals surface area contributed by atoms with Crippen LogP contribution in [0.2, 0.25) is 0 Å². The minimum Gasteiger partial charge on any atom is -0.393 e. The van der Waals surface area contributed by atoms with E-state index >= 15 is 0 Å². The lowest BCUT2D eigenvalue weighted by Crippen LogP contribution is -2.58. The number of carbonyl (C=O) groups is 1. The number of carbonyl (C=O) groups excluding carboxylic acids is 1. The van der Waals surface area contributed by atoms with Gasteiger partial charge in [0.15, 0.2) is 5.78 Å². The van der Waals surface area contributed by atoms with Crippen LogP contribution in [0.5, 0.6) is 0 Å². The Kier molecular flexibility index (Phi) is 3.72. The zero-order valence-electron chi connectivity index (χ0n) is 16.0. The second kappa shape index (κ2) is 5.44. The Morgan fingerprint density at radius 1 is 1.31 bits per heavy atom. The van der Waals surface area contributed by atoms with E-state index in [-0.39, 0.29) is 29.0 Å². The summed E-state index contributed by atoms with van der Waals surface area (Å²) in [6.45, 7) is 8.09. The van der Waals surface area contributed by atoms with Crippen LogP contribution in [-0.4, -0.2) is 27.7 Å². The van der Waals surface area contributed by atoms with Gasteiger partial charge < -0.3 is 10.2 Å². The van der Waals surface area contributed by atoms with Crippen LogP contribution >= 0.6 is 0 Å². The lowest BCUT2D eigenvalue weighted by molar-refractivity contribution is -0.129. The molecule has 7 atom stereocenters. The molecule has 7 unspecified atom stereocenters. The van der Waals surface area contributed by atoms with Gasteiger partial charge in [-0.05, 0) is 62.7 Å². The Balaban J connectivity index is 1.86. The smallest absolute Gasteiger partial charge is 0.178 e. The van der Waals surface area contributed by atoms with Crippen LogP contribution in [0, 0.1) is 40.4 Å². The first-order valence-electron chi connectivity index (χ1n) is 9.65. The van der Waals surface area contributed by atoms with Gasteiger partial charge in [-0.25, -0.2) is 0 Å². The molecule has 0 amide bonds. The van der Waals surface area contributed by atoms with Crippen LogP contribution in [0.1, 0.15) is 47.0 Å². The van der Waals surface area contributed by atoms with Crippen molar-refractivity contribution in [2.45, 2.75) is 58.7 Å². The van der Waals surface area contributed by atoms with E-state index in [9.17, 15) is 15.0 Å². The van der Waals surface area contributed by atoms with Crippen molar-refractivity contribution in [1.29, 1.82) is 0 Å². The molecule has 0 radical (unpaired) electrons. The van der Waals surface area contributed by atoms with E-state index < -0.39 is 17.1 Å². The number of fused-ring (bicyclic) bond motifs is 5. The molecule has 2 saturated carbocycles. The molecule has 0 heterocycles. The third-order valence-corrected chi connectivity index (χ3v) is 7.86. The largest absolute Gasteiger partial charge is 0.393 e. The SMILES string of the molecule is CC#CC1(O)CCC2C3C=C(C)C4=CC(=O)C=CC4(C)C3C(O)CC21C. The first-order valence-corrected chi connectivity index (χ1v) is 9.65. The summed E-state index contributed by atoms with van der Waals surface area (Å²) in [7, 11) is 0. The van der Waals surface area contributed by atoms with Gasteiger partial charge in [0, 0.05) is 16.7 Å². The minimum atomic E-state index is -1.03. The van der Waals surface area contributed by atoms with Gasteiger partial charge in [-0.2, -0.15) is 0 Å². The van der Waals surface area contributed by atoms with Gasteiger partial charge in [-0.1, -0.05) is 37.5 Å². The molecule has 0 spiro atoms. The third-order valence-electron chi connectivity index (χ3n) is 7.86. The Bertz CT molecular complexity index is 822. The maximum atomic E-state index is 11.9. The molecule has 4 rings (SSSR count). The second-order valence-electron chi connectivity index (χ2n) is 9.10. The molecule has 2 N–H and O–H groups in total. The highest BCUT2D eigenvalue weighted by atomic mass is 16.3. The summed E-state index contributed by atoms with van der Waals surface area (Å²) in [5, 5.41) is 22.5. The van der Waals surface area contributed by atoms with E-state index in [1.54, 1.807) is 19.1 Å². The van der Waals surface area contributed by atoms with Crippen molar-refractivity contribution in [2.75, 3.05) is 0 Å². The van der Waals surface area contributed by atoms with E-state index in [2.05, 4.69) is 38.7 Å². The molecular formula is C23H28O3. The van der Waals surface area contributed by atoms with Crippen molar-refractivity contribution >= 4 is 5.78 Å². The molecule has 0 aromatic carbocycles. The van der Waals surface area contributed by atoms with Gasteiger partial charge in [-0.15, -0.1) is 5.92 Å². The van der Waals surface area contributed by atoms with E-state index in [1.807, 2.05) is 6.08 Å². The topological polar surface area (TPSA) is 57.5 Å². The summed E-state index contributed by atoms with van der Waals surface area (Å²) in [6, 6.07) is 0. The number of allylic oxidation sites excluding steroid dienone is 6. The quantitative estimate of drug-likeness (QED) is 0.658. The molecule has 0 saturated heterocycles. The first-order chi connectivity index (χ1) is 12.2. The van der Waals surface area contributed by atoms with E-state index in [0.717, 1.165) is 17.6 Å². The summed E-state index contributed by atoms with van der Waals surface area (Å²) in [6.07, 6.45) is 9.20. The van der Waals surface area contributed by atoms with Gasteiger partial charge >= 0.3 is 0 Å². The Morgan fingerprint density at radius 3 is 2.73 bits per heavy atom. The van der Waals surface area contributed by atoms with E-state index in [0.29, 0.717) is 12.8 Å². The first kappa shape index (κ1) is 17.8. The van der Waals surface area contributed by atoms with Crippen molar-refractivity contribution in [3.63, 3.8) is 0 Å². The number of rotatable bonds is 0. The van der Waals surface area contributed by atoms with Gasteiger partial charge in [0.1, 0.15) is 5.60 Å². The van der Waals surface area contributed by atoms with Gasteiger partial charge in [-0.3, -0.25) is 4.79 Å². The van der Waals surface area contributed by atoms with Crippen LogP contribution in [0.3, 0.4) is 0 Å². The van der Waals surface area contributed by atoms with Crippen molar-refractivity contribution < 1.29 is 15.0 Å². The summed E-state index contributed by atoms with van der Waals surface area (Å²) >= 11 is 0. The van der Waals surface area contributed by atoms with Crippen LogP contribution in [0.4, 0.5) is 0 Å². The average Bonchev–Trinajstić information content (AvgIpc) is 2.80. The molecule has 4 aliphatic carbocycles. The second-order valence-corrected chi connectivity index (χ2v) is 9.10. The molecule has 0 aromatic rings. The number of hydrogen-bond acceptors (Lipinski definition) is 3. The predicted molar refractivity (Wildman–Crippen MR) is 101 cm³/mol. The number of aliphatic hydroxyl groups excluding tert-OH is 1. The fourth-order valence-corrected chi connectivity index (χ4v) is 6.61. The van der Waals surface area contributed by atoms with Crippen LogP contribution in [0.25, 0.3) is 0 Å². The summed E-state index contributed by atoms with van der Waals surface area (Å²) in [5.74, 6) is 6.47. The van der Waals surface area contributed by atoms with Crippen LogP contribution in [-0.2, 0) is 4.79 Å². The highest BCUT2D eigenvalue weighted by Crippen LogP contribution is 2.66. The van der Waals surface area contributed by atoms with Crippen molar-refractivity contribution in [3.05, 3.63) is 35.5 Å². The van der Waals surface area contributed by atoms with Crippen molar-refractivity contribution in [2.24, 2.45) is 28.6 Å². The predicted octanol–water partition coefficient (Wildman–Crippen LogP) is 3.19. The molecule has 3 nitrogen and oxygen atoms in total. The molecule has 138 valence electrons. The summed E-state index contributed by atoms with van der Waals surface area (Å²) in [4.78, 5) is 11.9. The van der Waals surface area contributed by atoms with Crippen molar-refractivity contribution in [3.8, 4) is 11.8 Å². The lowest BCUT2D eigenvalue weighted by Gasteiger charge is -2.58. The highest BCUT2D eigenvalue weighted by molar-refractivity contribution is 6.01. The maximum Gasteiger partial charge on any atom is 0.178 e. The fourth-order valence-electron chi connectivity index (χ4n) is 6.61. The minimum absolute atomic E-state index is 0.0206. The highest BCUT2D eigenvalue weighted by Gasteiger charge is 2.65. The zero-order valence-corrected chi connectivity index (χ0v) is 16.0. The molecule has 0 aromatic heterocycles. The van der Waals surface area contributed by atoms with Gasteiger partial charge in [0.05, 0.1) is 6.10 Å². The molecule has 0 aliphatic heterocycles. The summed E-state index contributed by atoms with van der Waals surface area (Å²) < 4.78 is 0. The van der Waals surface area contributed by atoms with Crippen molar-refractivity contribution in [1.82, 2.24) is 0 Å². The Morgan fingerprint density at radius 2 is 2.04 bits per heavy atom. The number of ketones is 1.